The average Bonchev–Trinajstić information content (AvgIpc) is 2.75. The van der Waals surface area contributed by atoms with Crippen LogP contribution in [0, 0.1) is 0 Å². The number of anilines is 1. The Kier molecular flexibility index (Phi) is 7.73. The Morgan fingerprint density at radius 1 is 1.00 bits per heavy atom. The lowest BCUT2D eigenvalue weighted by molar-refractivity contribution is -0.275. The maximum Gasteiger partial charge on any atom is 0.573 e. The molecule has 0 saturated carbocycles. The van der Waals surface area contributed by atoms with E-state index in [0.29, 0.717) is 5.82 Å². The highest BCUT2D eigenvalue weighted by atomic mass is 35.5. The molecule has 3 rings (SSSR count). The summed E-state index contributed by atoms with van der Waals surface area (Å²) in [5.74, 6) is -1.69. The predicted octanol–water partition coefficient (Wildman–Crippen LogP) is 6.24. The van der Waals surface area contributed by atoms with Gasteiger partial charge >= 0.3 is 12.5 Å². The summed E-state index contributed by atoms with van der Waals surface area (Å²) in [6, 6.07) is 7.63. The van der Waals surface area contributed by atoms with Crippen LogP contribution in [0.5, 0.6) is 17.4 Å². The molecule has 0 amide bonds. The van der Waals surface area contributed by atoms with Crippen molar-refractivity contribution >= 4 is 23.2 Å². The van der Waals surface area contributed by atoms with Gasteiger partial charge in [0.2, 0.25) is 5.88 Å². The van der Waals surface area contributed by atoms with Crippen LogP contribution in [0.4, 0.5) is 32.2 Å². The molecule has 0 saturated heterocycles. The van der Waals surface area contributed by atoms with E-state index in [1.807, 2.05) is 0 Å². The molecule has 186 valence electrons. The highest BCUT2D eigenvalue weighted by Crippen LogP contribution is 2.41. The second kappa shape index (κ2) is 10.4. The molecule has 0 radical (unpaired) electrons. The Labute approximate surface area is 199 Å². The van der Waals surface area contributed by atoms with E-state index in [1.54, 1.807) is 7.05 Å². The number of rotatable bonds is 8. The molecule has 35 heavy (non-hydrogen) atoms. The number of Topliss-reactive ketones (excluding diaryl/α,β-unsaturated/α-hetero) is 1. The van der Waals surface area contributed by atoms with Crippen LogP contribution in [0.25, 0.3) is 0 Å². The van der Waals surface area contributed by atoms with Gasteiger partial charge in [-0.25, -0.2) is 9.97 Å². The molecule has 0 unspecified atom stereocenters. The number of aromatic nitrogens is 2. The minimum Gasteiger partial charge on any atom is -0.433 e. The van der Waals surface area contributed by atoms with Crippen LogP contribution < -0.4 is 14.8 Å². The van der Waals surface area contributed by atoms with E-state index in [0.717, 1.165) is 30.6 Å². The SMILES string of the molecule is CNc1cc(Oc2c(Cl)cc(CC(=O)Cc3cccc(C(F)(F)F)c3)cc2OC(F)(F)F)ncn1. The first-order valence-corrected chi connectivity index (χ1v) is 10.2. The van der Waals surface area contributed by atoms with Crippen molar-refractivity contribution in [3.8, 4) is 17.4 Å². The van der Waals surface area contributed by atoms with Gasteiger partial charge in [0.25, 0.3) is 0 Å². The second-order valence-corrected chi connectivity index (χ2v) is 7.54. The maximum atomic E-state index is 13.0. The van der Waals surface area contributed by atoms with Crippen molar-refractivity contribution in [2.24, 2.45) is 0 Å². The molecular formula is C22H16ClF6N3O3. The molecule has 1 aromatic heterocycles. The standard InChI is InChI=1S/C22H16ClF6N3O3/c1-30-18-10-19(32-11-31-18)34-20-16(23)8-13(9-17(20)35-22(27,28)29)7-15(33)6-12-3-2-4-14(5-12)21(24,25)26/h2-5,8-11H,6-7H2,1H3,(H,30,31,32). The van der Waals surface area contributed by atoms with Gasteiger partial charge in [-0.3, -0.25) is 4.79 Å². The van der Waals surface area contributed by atoms with Crippen molar-refractivity contribution in [2.75, 3.05) is 12.4 Å². The summed E-state index contributed by atoms with van der Waals surface area (Å²) >= 11 is 6.13. The summed E-state index contributed by atoms with van der Waals surface area (Å²) in [6.07, 6.45) is -9.36. The van der Waals surface area contributed by atoms with E-state index in [-0.39, 0.29) is 28.5 Å². The molecule has 1 N–H and O–H groups in total. The van der Waals surface area contributed by atoms with Crippen molar-refractivity contribution in [1.29, 1.82) is 0 Å². The molecule has 0 fully saturated rings. The van der Waals surface area contributed by atoms with E-state index in [9.17, 15) is 31.1 Å². The number of carbonyl (C=O) groups is 1. The monoisotopic (exact) mass is 519 g/mol. The number of nitrogens with one attached hydrogen (secondary N) is 1. The molecular weight excluding hydrogens is 504 g/mol. The van der Waals surface area contributed by atoms with Crippen molar-refractivity contribution in [2.45, 2.75) is 25.4 Å². The normalized spacial score (nSPS) is 11.8. The molecule has 1 heterocycles. The average molecular weight is 520 g/mol. The minimum atomic E-state index is -5.11. The van der Waals surface area contributed by atoms with Gasteiger partial charge in [-0.05, 0) is 29.3 Å². The van der Waals surface area contributed by atoms with Gasteiger partial charge in [0.15, 0.2) is 11.5 Å². The lowest BCUT2D eigenvalue weighted by atomic mass is 10.0. The van der Waals surface area contributed by atoms with Crippen LogP contribution in [0.3, 0.4) is 0 Å². The van der Waals surface area contributed by atoms with Gasteiger partial charge in [-0.2, -0.15) is 13.2 Å². The number of benzene rings is 2. The molecule has 0 spiro atoms. The van der Waals surface area contributed by atoms with Crippen LogP contribution in [0.15, 0.2) is 48.8 Å². The lowest BCUT2D eigenvalue weighted by Gasteiger charge is -2.16. The van der Waals surface area contributed by atoms with Crippen molar-refractivity contribution < 1.29 is 40.6 Å². The van der Waals surface area contributed by atoms with Crippen LogP contribution in [-0.4, -0.2) is 29.2 Å². The molecule has 0 aliphatic heterocycles. The third-order valence-electron chi connectivity index (χ3n) is 4.46. The van der Waals surface area contributed by atoms with Gasteiger partial charge < -0.3 is 14.8 Å². The number of ether oxygens (including phenoxy) is 2. The van der Waals surface area contributed by atoms with Gasteiger partial charge in [0, 0.05) is 26.0 Å². The van der Waals surface area contributed by atoms with Crippen molar-refractivity contribution in [1.82, 2.24) is 9.97 Å². The number of halogens is 7. The minimum absolute atomic E-state index is 0.0391. The van der Waals surface area contributed by atoms with E-state index in [1.165, 1.54) is 18.2 Å². The zero-order valence-corrected chi connectivity index (χ0v) is 18.6. The third kappa shape index (κ3) is 7.47. The number of nitrogens with zero attached hydrogens (tertiary/aromatic N) is 2. The Morgan fingerprint density at radius 2 is 1.71 bits per heavy atom. The Hall–Kier alpha value is -3.54. The van der Waals surface area contributed by atoms with Crippen LogP contribution in [-0.2, 0) is 23.8 Å². The van der Waals surface area contributed by atoms with Crippen LogP contribution in [0.1, 0.15) is 16.7 Å². The van der Waals surface area contributed by atoms with E-state index < -0.39 is 41.8 Å². The van der Waals surface area contributed by atoms with Crippen molar-refractivity contribution in [3.05, 3.63) is 70.5 Å². The van der Waals surface area contributed by atoms with Crippen molar-refractivity contribution in [3.63, 3.8) is 0 Å². The number of alkyl halides is 6. The van der Waals surface area contributed by atoms with E-state index in [2.05, 4.69) is 20.0 Å². The molecule has 6 nitrogen and oxygen atoms in total. The highest BCUT2D eigenvalue weighted by Gasteiger charge is 2.34. The maximum absolute atomic E-state index is 13.0. The Bertz CT molecular complexity index is 1220. The zero-order chi connectivity index (χ0) is 25.8. The quantitative estimate of drug-likeness (QED) is 0.355. The first-order valence-electron chi connectivity index (χ1n) is 9.77. The largest absolute Gasteiger partial charge is 0.573 e. The van der Waals surface area contributed by atoms with Gasteiger partial charge in [0.05, 0.1) is 10.6 Å². The van der Waals surface area contributed by atoms with Gasteiger partial charge in [-0.1, -0.05) is 29.8 Å². The molecule has 0 aliphatic carbocycles. The first-order chi connectivity index (χ1) is 16.3. The second-order valence-electron chi connectivity index (χ2n) is 7.14. The lowest BCUT2D eigenvalue weighted by Crippen LogP contribution is -2.18. The molecule has 3 aromatic rings. The predicted molar refractivity (Wildman–Crippen MR) is 114 cm³/mol. The van der Waals surface area contributed by atoms with Gasteiger partial charge in [0.1, 0.15) is 17.9 Å². The number of hydrogen-bond donors (Lipinski definition) is 1. The number of ketones is 1. The highest BCUT2D eigenvalue weighted by molar-refractivity contribution is 6.32. The third-order valence-corrected chi connectivity index (χ3v) is 4.74. The summed E-state index contributed by atoms with van der Waals surface area (Å²) in [5.41, 5.74) is -0.775. The first kappa shape index (κ1) is 26.1. The Morgan fingerprint density at radius 3 is 2.37 bits per heavy atom. The molecule has 0 aliphatic rings. The topological polar surface area (TPSA) is 73.3 Å². The van der Waals surface area contributed by atoms with E-state index >= 15 is 0 Å². The summed E-state index contributed by atoms with van der Waals surface area (Å²) in [5, 5.41) is 2.40. The Balaban J connectivity index is 1.85. The van der Waals surface area contributed by atoms with Gasteiger partial charge in [-0.15, -0.1) is 13.2 Å². The fraction of sp³-hybridized carbons (Fsp3) is 0.227. The fourth-order valence-electron chi connectivity index (χ4n) is 3.04. The smallest absolute Gasteiger partial charge is 0.433 e. The molecule has 0 atom stereocenters. The summed E-state index contributed by atoms with van der Waals surface area (Å²) in [4.78, 5) is 20.1. The molecule has 13 heteroatoms. The molecule has 0 bridgehead atoms. The summed E-state index contributed by atoms with van der Waals surface area (Å²) < 4.78 is 87.1. The summed E-state index contributed by atoms with van der Waals surface area (Å²) in [7, 11) is 1.56. The van der Waals surface area contributed by atoms with E-state index in [4.69, 9.17) is 16.3 Å². The number of carbonyl (C=O) groups excluding carboxylic acids is 1. The fourth-order valence-corrected chi connectivity index (χ4v) is 3.31. The summed E-state index contributed by atoms with van der Waals surface area (Å²) in [6.45, 7) is 0. The van der Waals surface area contributed by atoms with Crippen LogP contribution in [0.2, 0.25) is 5.02 Å². The zero-order valence-electron chi connectivity index (χ0n) is 17.8. The molecule has 2 aromatic carbocycles. The number of hydrogen-bond acceptors (Lipinski definition) is 6. The van der Waals surface area contributed by atoms with Crippen LogP contribution >= 0.6 is 11.6 Å².